The molecule has 1 aliphatic heterocycles. The predicted octanol–water partition coefficient (Wildman–Crippen LogP) is 3.09. The summed E-state index contributed by atoms with van der Waals surface area (Å²) in [6.07, 6.45) is -0.464. The van der Waals surface area contributed by atoms with E-state index in [9.17, 15) is 14.0 Å². The van der Waals surface area contributed by atoms with E-state index >= 15 is 0 Å². The quantitative estimate of drug-likeness (QED) is 0.811. The molecule has 23 heavy (non-hydrogen) atoms. The lowest BCUT2D eigenvalue weighted by molar-refractivity contribution is -0.145. The minimum absolute atomic E-state index is 0.265. The van der Waals surface area contributed by atoms with Crippen molar-refractivity contribution in [1.29, 1.82) is 0 Å². The summed E-state index contributed by atoms with van der Waals surface area (Å²) in [5, 5.41) is 0. The lowest BCUT2D eigenvalue weighted by Gasteiger charge is -2.09. The topological polar surface area (TPSA) is 61.8 Å². The highest BCUT2D eigenvalue weighted by atomic mass is 19.1. The van der Waals surface area contributed by atoms with E-state index in [0.717, 1.165) is 0 Å². The van der Waals surface area contributed by atoms with E-state index in [4.69, 9.17) is 14.2 Å². The molecule has 0 unspecified atom stereocenters. The maximum absolute atomic E-state index is 12.8. The third kappa shape index (κ3) is 3.66. The summed E-state index contributed by atoms with van der Waals surface area (Å²) in [6, 6.07) is 11.8. The molecule has 3 rings (SSSR count). The maximum Gasteiger partial charge on any atom is 0.347 e. The van der Waals surface area contributed by atoms with Crippen LogP contribution in [0.2, 0.25) is 0 Å². The van der Waals surface area contributed by atoms with E-state index in [2.05, 4.69) is 0 Å². The highest BCUT2D eigenvalue weighted by Gasteiger charge is 2.30. The van der Waals surface area contributed by atoms with Gasteiger partial charge in [0.2, 0.25) is 6.10 Å². The van der Waals surface area contributed by atoms with Crippen LogP contribution in [0, 0.1) is 5.82 Å². The Morgan fingerprint density at radius 1 is 1.04 bits per heavy atom. The number of benzene rings is 2. The summed E-state index contributed by atoms with van der Waals surface area (Å²) < 4.78 is 28.2. The molecule has 6 heteroatoms. The number of halogens is 1. The van der Waals surface area contributed by atoms with Gasteiger partial charge in [0, 0.05) is 6.42 Å². The van der Waals surface area contributed by atoms with Crippen LogP contribution in [0.25, 0.3) is 0 Å². The minimum atomic E-state index is -0.836. The molecule has 1 fully saturated rings. The van der Waals surface area contributed by atoms with Crippen molar-refractivity contribution in [3.8, 4) is 11.5 Å². The normalized spacial score (nSPS) is 16.7. The summed E-state index contributed by atoms with van der Waals surface area (Å²) in [6.45, 7) is 0.265. The molecular formula is C17H13FO5. The minimum Gasteiger partial charge on any atom is -0.463 e. The molecular weight excluding hydrogens is 303 g/mol. The zero-order valence-electron chi connectivity index (χ0n) is 12.0. The molecule has 0 saturated carbocycles. The van der Waals surface area contributed by atoms with Gasteiger partial charge >= 0.3 is 11.9 Å². The van der Waals surface area contributed by atoms with Crippen LogP contribution in [-0.2, 0) is 14.3 Å². The van der Waals surface area contributed by atoms with E-state index in [1.165, 1.54) is 36.4 Å². The fraction of sp³-hybridized carbons (Fsp3) is 0.176. The molecule has 0 radical (unpaired) electrons. The Morgan fingerprint density at radius 3 is 2.22 bits per heavy atom. The third-order valence-corrected chi connectivity index (χ3v) is 3.28. The van der Waals surface area contributed by atoms with Gasteiger partial charge in [-0.25, -0.2) is 14.0 Å². The molecule has 1 atom stereocenters. The highest BCUT2D eigenvalue weighted by Crippen LogP contribution is 2.22. The van der Waals surface area contributed by atoms with Crippen LogP contribution in [0.3, 0.4) is 0 Å². The average molecular weight is 316 g/mol. The number of esters is 2. The molecule has 2 aromatic carbocycles. The first-order valence-corrected chi connectivity index (χ1v) is 7.03. The number of hydrogen-bond donors (Lipinski definition) is 0. The summed E-state index contributed by atoms with van der Waals surface area (Å²) in [7, 11) is 0. The van der Waals surface area contributed by atoms with Crippen LogP contribution in [-0.4, -0.2) is 24.6 Å². The largest absolute Gasteiger partial charge is 0.463 e. The van der Waals surface area contributed by atoms with Crippen molar-refractivity contribution in [3.05, 3.63) is 59.9 Å². The SMILES string of the molecule is O=C(O[C@H]1CCOC1=O)c1ccc(Oc2ccc(F)cc2)cc1. The van der Waals surface area contributed by atoms with Gasteiger partial charge in [-0.3, -0.25) is 0 Å². The number of carbonyl (C=O) groups is 2. The van der Waals surface area contributed by atoms with Crippen LogP contribution in [0.1, 0.15) is 16.8 Å². The van der Waals surface area contributed by atoms with E-state index in [1.807, 2.05) is 0 Å². The Morgan fingerprint density at radius 2 is 1.65 bits per heavy atom. The second-order valence-corrected chi connectivity index (χ2v) is 4.93. The Kier molecular flexibility index (Phi) is 4.23. The average Bonchev–Trinajstić information content (AvgIpc) is 2.95. The van der Waals surface area contributed by atoms with E-state index in [1.54, 1.807) is 12.1 Å². The standard InChI is InChI=1S/C17H13FO5/c18-12-3-7-14(8-4-12)22-13-5-1-11(2-6-13)16(19)23-15-9-10-21-17(15)20/h1-8,15H,9-10H2/t15-/m0/s1. The Hall–Kier alpha value is -2.89. The smallest absolute Gasteiger partial charge is 0.347 e. The van der Waals surface area contributed by atoms with Gasteiger partial charge in [-0.2, -0.15) is 0 Å². The molecule has 2 aromatic rings. The van der Waals surface area contributed by atoms with Crippen molar-refractivity contribution >= 4 is 11.9 Å². The van der Waals surface area contributed by atoms with E-state index in [0.29, 0.717) is 23.5 Å². The summed E-state index contributed by atoms with van der Waals surface area (Å²) in [5.41, 5.74) is 0.302. The number of ether oxygens (including phenoxy) is 3. The first kappa shape index (κ1) is 15.0. The number of cyclic esters (lactones) is 1. The molecule has 0 spiro atoms. The fourth-order valence-electron chi connectivity index (χ4n) is 2.08. The third-order valence-electron chi connectivity index (χ3n) is 3.28. The molecule has 0 bridgehead atoms. The molecule has 1 saturated heterocycles. The van der Waals surface area contributed by atoms with Gasteiger partial charge in [0.05, 0.1) is 12.2 Å². The van der Waals surface area contributed by atoms with Crippen molar-refractivity contribution in [1.82, 2.24) is 0 Å². The maximum atomic E-state index is 12.8. The van der Waals surface area contributed by atoms with Crippen molar-refractivity contribution in [3.63, 3.8) is 0 Å². The monoisotopic (exact) mass is 316 g/mol. The van der Waals surface area contributed by atoms with Gasteiger partial charge in [-0.05, 0) is 48.5 Å². The van der Waals surface area contributed by atoms with Crippen molar-refractivity contribution in [2.45, 2.75) is 12.5 Å². The second kappa shape index (κ2) is 6.48. The van der Waals surface area contributed by atoms with Gasteiger partial charge in [-0.1, -0.05) is 0 Å². The van der Waals surface area contributed by atoms with Gasteiger partial charge in [-0.15, -0.1) is 0 Å². The van der Waals surface area contributed by atoms with Gasteiger partial charge < -0.3 is 14.2 Å². The lowest BCUT2D eigenvalue weighted by Crippen LogP contribution is -2.22. The van der Waals surface area contributed by atoms with Gasteiger partial charge in [0.1, 0.15) is 17.3 Å². The van der Waals surface area contributed by atoms with E-state index in [-0.39, 0.29) is 12.4 Å². The first-order valence-electron chi connectivity index (χ1n) is 7.03. The highest BCUT2D eigenvalue weighted by molar-refractivity contribution is 5.91. The van der Waals surface area contributed by atoms with Gasteiger partial charge in [0.15, 0.2) is 0 Å². The molecule has 0 aliphatic carbocycles. The fourth-order valence-corrected chi connectivity index (χ4v) is 2.08. The summed E-state index contributed by atoms with van der Waals surface area (Å²) in [4.78, 5) is 23.2. The molecule has 5 nitrogen and oxygen atoms in total. The number of rotatable bonds is 4. The molecule has 118 valence electrons. The molecule has 1 heterocycles. The Labute approximate surface area is 131 Å². The number of hydrogen-bond acceptors (Lipinski definition) is 5. The van der Waals surface area contributed by atoms with Crippen LogP contribution >= 0.6 is 0 Å². The molecule has 0 N–H and O–H groups in total. The molecule has 0 aromatic heterocycles. The second-order valence-electron chi connectivity index (χ2n) is 4.93. The summed E-state index contributed by atoms with van der Waals surface area (Å²) in [5.74, 6) is -0.485. The Balaban J connectivity index is 1.63. The summed E-state index contributed by atoms with van der Waals surface area (Å²) >= 11 is 0. The van der Waals surface area contributed by atoms with Crippen LogP contribution in [0.15, 0.2) is 48.5 Å². The molecule has 1 aliphatic rings. The van der Waals surface area contributed by atoms with E-state index < -0.39 is 18.0 Å². The zero-order chi connectivity index (χ0) is 16.2. The van der Waals surface area contributed by atoms with Crippen molar-refractivity contribution < 1.29 is 28.2 Å². The van der Waals surface area contributed by atoms with Crippen LogP contribution in [0.4, 0.5) is 4.39 Å². The van der Waals surface area contributed by atoms with Crippen molar-refractivity contribution in [2.75, 3.05) is 6.61 Å². The zero-order valence-corrected chi connectivity index (χ0v) is 12.0. The first-order chi connectivity index (χ1) is 11.1. The van der Waals surface area contributed by atoms with Crippen molar-refractivity contribution in [2.24, 2.45) is 0 Å². The predicted molar refractivity (Wildman–Crippen MR) is 77.7 cm³/mol. The lowest BCUT2D eigenvalue weighted by atomic mass is 10.2. The molecule has 0 amide bonds. The number of carbonyl (C=O) groups excluding carboxylic acids is 2. The van der Waals surface area contributed by atoms with Crippen LogP contribution in [0.5, 0.6) is 11.5 Å². The Bertz CT molecular complexity index is 709. The van der Waals surface area contributed by atoms with Gasteiger partial charge in [0.25, 0.3) is 0 Å². The van der Waals surface area contributed by atoms with Crippen LogP contribution < -0.4 is 4.74 Å².